The highest BCUT2D eigenvalue weighted by Gasteiger charge is 2.28. The van der Waals surface area contributed by atoms with E-state index in [0.717, 1.165) is 70.6 Å². The molecule has 0 heterocycles. The number of phosphoric acid groups is 2. The van der Waals surface area contributed by atoms with Crippen LogP contribution >= 0.6 is 15.6 Å². The number of hydrogen-bond acceptors (Lipinski definition) is 11. The zero-order chi connectivity index (χ0) is 47.4. The number of esters is 2. The predicted molar refractivity (Wildman–Crippen MR) is 254 cm³/mol. The van der Waals surface area contributed by atoms with Crippen molar-refractivity contribution in [2.24, 2.45) is 0 Å². The van der Waals surface area contributed by atoms with Gasteiger partial charge in [-0.05, 0) is 89.9 Å². The zero-order valence-corrected chi connectivity index (χ0v) is 40.0. The van der Waals surface area contributed by atoms with E-state index in [4.69, 9.17) is 23.8 Å². The van der Waals surface area contributed by atoms with E-state index < -0.39 is 72.3 Å². The van der Waals surface area contributed by atoms with Gasteiger partial charge in [-0.1, -0.05) is 142 Å². The van der Waals surface area contributed by atoms with Gasteiger partial charge >= 0.3 is 27.6 Å². The second kappa shape index (κ2) is 42.4. The summed E-state index contributed by atoms with van der Waals surface area (Å²) in [6.07, 6.45) is 48.2. The summed E-state index contributed by atoms with van der Waals surface area (Å²) in [5, 5.41) is 20.0. The number of hydrogen-bond donors (Lipinski definition) is 5. The fourth-order valence-electron chi connectivity index (χ4n) is 5.30. The molecule has 0 aliphatic rings. The molecule has 0 saturated carbocycles. The number of aliphatic hydroxyl groups excluding tert-OH is 2. The highest BCUT2D eigenvalue weighted by molar-refractivity contribution is 7.47. The molecule has 0 bridgehead atoms. The quantitative estimate of drug-likeness (QED) is 0.0127. The average molecular weight is 941 g/mol. The second-order valence-corrected chi connectivity index (χ2v) is 17.5. The van der Waals surface area contributed by atoms with E-state index in [1.807, 2.05) is 12.2 Å². The number of phosphoric ester groups is 2. The van der Waals surface area contributed by atoms with Crippen LogP contribution in [-0.4, -0.2) is 81.6 Å². The smallest absolute Gasteiger partial charge is 0.462 e. The van der Waals surface area contributed by atoms with Gasteiger partial charge in [-0.15, -0.1) is 0 Å². The highest BCUT2D eigenvalue weighted by Crippen LogP contribution is 2.43. The Morgan fingerprint density at radius 2 is 1.03 bits per heavy atom. The van der Waals surface area contributed by atoms with Crippen LogP contribution in [0.4, 0.5) is 0 Å². The summed E-state index contributed by atoms with van der Waals surface area (Å²) < 4.78 is 47.6. The lowest BCUT2D eigenvalue weighted by Gasteiger charge is -2.20. The summed E-state index contributed by atoms with van der Waals surface area (Å²) >= 11 is 0. The van der Waals surface area contributed by atoms with Gasteiger partial charge in [0.2, 0.25) is 0 Å². The van der Waals surface area contributed by atoms with Gasteiger partial charge in [0, 0.05) is 12.8 Å². The van der Waals surface area contributed by atoms with E-state index in [1.165, 1.54) is 19.3 Å². The standard InChI is InChI=1S/C48H78O14P2/c1-3-5-7-9-11-13-15-17-18-19-20-21-22-24-26-28-30-32-34-38-48(52)62-46(43-61-64(56,57)60-41-45(50)40-59-63(53,54)55)42-58-47(51)39-35-37-44(49)36-33-31-29-27-25-23-16-14-12-10-8-6-4-2/h6,8,11-14,17-18,20-21,23-26,29,31,33,36,44-46,49-50H,3-5,7,9-10,15-16,19,22,27-28,30,32,34-35,37-43H2,1-2H3,(H,56,57)(H2,53,54,55)/b8-6-,13-11-,14-12-,18-17-,21-20-,25-23-,26-24-,31-29-,36-33+/t44?,45-,46+/m0/s1. The molecule has 0 radical (unpaired) electrons. The van der Waals surface area contributed by atoms with Crippen LogP contribution in [0.15, 0.2) is 109 Å². The van der Waals surface area contributed by atoms with Crippen molar-refractivity contribution >= 4 is 27.6 Å². The number of carbonyl (C=O) groups excluding carboxylic acids is 2. The first-order chi connectivity index (χ1) is 30.8. The van der Waals surface area contributed by atoms with Crippen LogP contribution in [0, 0.1) is 0 Å². The molecule has 64 heavy (non-hydrogen) atoms. The van der Waals surface area contributed by atoms with Crippen molar-refractivity contribution in [3.05, 3.63) is 109 Å². The van der Waals surface area contributed by atoms with E-state index >= 15 is 0 Å². The van der Waals surface area contributed by atoms with Crippen molar-refractivity contribution in [1.82, 2.24) is 0 Å². The van der Waals surface area contributed by atoms with Gasteiger partial charge < -0.3 is 34.4 Å². The molecule has 364 valence electrons. The Labute approximate surface area is 383 Å². The van der Waals surface area contributed by atoms with Crippen LogP contribution in [0.1, 0.15) is 136 Å². The second-order valence-electron chi connectivity index (χ2n) is 14.8. The van der Waals surface area contributed by atoms with Gasteiger partial charge in [0.05, 0.1) is 25.9 Å². The number of allylic oxidation sites excluding steroid dienone is 17. The van der Waals surface area contributed by atoms with Crippen LogP contribution in [0.25, 0.3) is 0 Å². The third-order valence-corrected chi connectivity index (χ3v) is 10.2. The summed E-state index contributed by atoms with van der Waals surface area (Å²) in [5.74, 6) is -1.28. The summed E-state index contributed by atoms with van der Waals surface area (Å²) in [6, 6.07) is 0. The van der Waals surface area contributed by atoms with Crippen LogP contribution in [0.5, 0.6) is 0 Å². The fourth-order valence-corrected chi connectivity index (χ4v) is 6.46. The number of rotatable bonds is 41. The van der Waals surface area contributed by atoms with Gasteiger partial charge in [0.25, 0.3) is 0 Å². The van der Waals surface area contributed by atoms with E-state index in [-0.39, 0.29) is 12.8 Å². The van der Waals surface area contributed by atoms with Gasteiger partial charge in [-0.3, -0.25) is 23.2 Å². The van der Waals surface area contributed by atoms with Crippen molar-refractivity contribution < 1.29 is 66.7 Å². The van der Waals surface area contributed by atoms with Crippen LogP contribution < -0.4 is 0 Å². The maximum atomic E-state index is 12.7. The monoisotopic (exact) mass is 940 g/mol. The number of ether oxygens (including phenoxy) is 2. The van der Waals surface area contributed by atoms with Crippen molar-refractivity contribution in [2.75, 3.05) is 26.4 Å². The Hall–Kier alpha value is -3.26. The van der Waals surface area contributed by atoms with Crippen LogP contribution in [-0.2, 0) is 41.8 Å². The molecule has 0 aromatic heterocycles. The molecule has 0 fully saturated rings. The summed E-state index contributed by atoms with van der Waals surface area (Å²) in [5.41, 5.74) is 0. The van der Waals surface area contributed by atoms with Crippen molar-refractivity contribution in [1.29, 1.82) is 0 Å². The number of unbranched alkanes of at least 4 members (excludes halogenated alkanes) is 6. The molecule has 2 unspecified atom stereocenters. The summed E-state index contributed by atoms with van der Waals surface area (Å²) in [6.45, 7) is 1.34. The van der Waals surface area contributed by atoms with Crippen LogP contribution in [0.3, 0.4) is 0 Å². The average Bonchev–Trinajstić information content (AvgIpc) is 3.25. The van der Waals surface area contributed by atoms with Gasteiger partial charge in [-0.2, -0.15) is 0 Å². The summed E-state index contributed by atoms with van der Waals surface area (Å²) in [4.78, 5) is 52.8. The molecule has 0 aromatic carbocycles. The summed E-state index contributed by atoms with van der Waals surface area (Å²) in [7, 11) is -9.77. The molecular formula is C48H78O14P2. The molecule has 16 heteroatoms. The van der Waals surface area contributed by atoms with Gasteiger partial charge in [0.1, 0.15) is 12.7 Å². The Balaban J connectivity index is 4.76. The maximum absolute atomic E-state index is 12.7. The van der Waals surface area contributed by atoms with Crippen molar-refractivity contribution in [3.8, 4) is 0 Å². The molecular weight excluding hydrogens is 862 g/mol. The minimum Gasteiger partial charge on any atom is -0.462 e. The lowest BCUT2D eigenvalue weighted by molar-refractivity contribution is -0.161. The fraction of sp³-hybridized carbons (Fsp3) is 0.583. The molecule has 0 saturated heterocycles. The normalized spacial score (nSPS) is 15.4. The van der Waals surface area contributed by atoms with E-state index in [9.17, 15) is 33.8 Å². The molecule has 0 rings (SSSR count). The predicted octanol–water partition coefficient (Wildman–Crippen LogP) is 10.9. The Morgan fingerprint density at radius 1 is 0.531 bits per heavy atom. The molecule has 0 spiro atoms. The Bertz CT molecular complexity index is 1560. The first-order valence-corrected chi connectivity index (χ1v) is 25.7. The first-order valence-electron chi connectivity index (χ1n) is 22.7. The van der Waals surface area contributed by atoms with Crippen LogP contribution in [0.2, 0.25) is 0 Å². The molecule has 4 atom stereocenters. The molecule has 0 aliphatic carbocycles. The molecule has 0 aliphatic heterocycles. The lowest BCUT2D eigenvalue weighted by Crippen LogP contribution is -2.30. The van der Waals surface area contributed by atoms with E-state index in [2.05, 4.69) is 108 Å². The van der Waals surface area contributed by atoms with Crippen molar-refractivity contribution in [3.63, 3.8) is 0 Å². The van der Waals surface area contributed by atoms with E-state index in [0.29, 0.717) is 19.3 Å². The Kier molecular flexibility index (Phi) is 40.2. The minimum atomic E-state index is -4.89. The largest absolute Gasteiger partial charge is 0.472 e. The maximum Gasteiger partial charge on any atom is 0.472 e. The molecule has 5 N–H and O–H groups in total. The topological polar surface area (TPSA) is 216 Å². The van der Waals surface area contributed by atoms with Gasteiger partial charge in [-0.25, -0.2) is 9.13 Å². The van der Waals surface area contributed by atoms with Gasteiger partial charge in [0.15, 0.2) is 6.10 Å². The number of aliphatic hydroxyl groups is 2. The first kappa shape index (κ1) is 60.7. The SMILES string of the molecule is CC/C=C\C/C=C\C/C=C\C/C=C\C=C\C(O)CCCC(=O)OC[C@H](COP(=O)(O)OC[C@@H](O)COP(=O)(O)O)OC(=O)CCCCC/C=C\C/C=C\C/C=C\C/C=C\CCCCC. The minimum absolute atomic E-state index is 0.0461. The third kappa shape index (κ3) is 45.3. The molecule has 0 amide bonds. The highest BCUT2D eigenvalue weighted by atomic mass is 31.2. The van der Waals surface area contributed by atoms with E-state index in [1.54, 1.807) is 12.2 Å². The zero-order valence-electron chi connectivity index (χ0n) is 38.2. The lowest BCUT2D eigenvalue weighted by atomic mass is 10.1. The number of carbonyl (C=O) groups is 2. The molecule has 14 nitrogen and oxygen atoms in total. The van der Waals surface area contributed by atoms with Crippen molar-refractivity contribution in [2.45, 2.75) is 154 Å². The molecule has 0 aromatic rings. The Morgan fingerprint density at radius 3 is 1.59 bits per heavy atom. The third-order valence-electron chi connectivity index (χ3n) is 8.74.